The average Bonchev–Trinajstić information content (AvgIpc) is 2.34. The fraction of sp³-hybridized carbons (Fsp3) is 0.556. The minimum absolute atomic E-state index is 0.0333. The number of ether oxygens (including phenoxy) is 1. The number of rotatable bonds is 3. The van der Waals surface area contributed by atoms with E-state index in [1.54, 1.807) is 22.9 Å². The van der Waals surface area contributed by atoms with Crippen LogP contribution in [-0.2, 0) is 14.3 Å². The number of thioether (sulfide) groups is 1. The van der Waals surface area contributed by atoms with Gasteiger partial charge in [-0.25, -0.2) is 0 Å². The molecule has 0 aliphatic carbocycles. The maximum Gasteiger partial charge on any atom is 0.284 e. The SMILES string of the molecule is CO[C@@]1(NC(=O)CS)C(=O)N2C=CCS[C@H]21. The quantitative estimate of drug-likeness (QED) is 0.419. The molecule has 0 aromatic heterocycles. The number of nitrogens with one attached hydrogen (secondary N) is 1. The van der Waals surface area contributed by atoms with E-state index in [0.29, 0.717) is 0 Å². The van der Waals surface area contributed by atoms with E-state index in [4.69, 9.17) is 4.74 Å². The molecule has 2 rings (SSSR count). The zero-order valence-electron chi connectivity index (χ0n) is 8.67. The minimum atomic E-state index is -1.21. The highest BCUT2D eigenvalue weighted by Gasteiger charge is 2.63. The van der Waals surface area contributed by atoms with Gasteiger partial charge in [-0.05, 0) is 0 Å². The van der Waals surface area contributed by atoms with Crippen LogP contribution in [-0.4, -0.2) is 46.4 Å². The Hall–Kier alpha value is -0.660. The average molecular weight is 260 g/mol. The minimum Gasteiger partial charge on any atom is -0.348 e. The Morgan fingerprint density at radius 3 is 3.25 bits per heavy atom. The van der Waals surface area contributed by atoms with Gasteiger partial charge in [0.2, 0.25) is 5.91 Å². The number of fused-ring (bicyclic) bond motifs is 1. The van der Waals surface area contributed by atoms with Crippen LogP contribution in [0.5, 0.6) is 0 Å². The summed E-state index contributed by atoms with van der Waals surface area (Å²) in [5, 5.41) is 2.41. The van der Waals surface area contributed by atoms with Gasteiger partial charge in [0.25, 0.3) is 11.6 Å². The van der Waals surface area contributed by atoms with Crippen molar-refractivity contribution in [3.8, 4) is 0 Å². The van der Waals surface area contributed by atoms with E-state index < -0.39 is 5.72 Å². The van der Waals surface area contributed by atoms with E-state index in [0.717, 1.165) is 5.75 Å². The first-order valence-corrected chi connectivity index (χ1v) is 6.42. The summed E-state index contributed by atoms with van der Waals surface area (Å²) in [6, 6.07) is 0. The van der Waals surface area contributed by atoms with Gasteiger partial charge in [0.1, 0.15) is 5.37 Å². The maximum atomic E-state index is 11.9. The van der Waals surface area contributed by atoms with Gasteiger partial charge < -0.3 is 10.1 Å². The second kappa shape index (κ2) is 4.31. The molecule has 0 saturated carbocycles. The van der Waals surface area contributed by atoms with Crippen molar-refractivity contribution >= 4 is 36.2 Å². The van der Waals surface area contributed by atoms with Crippen LogP contribution in [0.4, 0.5) is 0 Å². The van der Waals surface area contributed by atoms with Gasteiger partial charge in [0.05, 0.1) is 5.75 Å². The predicted octanol–water partition coefficient (Wildman–Crippen LogP) is -0.196. The standard InChI is InChI=1S/C9H12N2O3S2/c1-14-9(10-6(12)5-15)7(13)11-3-2-4-16-8(9)11/h2-3,8,15H,4-5H2,1H3,(H,10,12)/t8-,9-/m0/s1. The third-order valence-corrected chi connectivity index (χ3v) is 4.11. The third-order valence-electron chi connectivity index (χ3n) is 2.56. The molecule has 0 bridgehead atoms. The highest BCUT2D eigenvalue weighted by Crippen LogP contribution is 2.41. The number of β-lactam (4-membered cyclic amide) rings is 1. The van der Waals surface area contributed by atoms with E-state index in [2.05, 4.69) is 17.9 Å². The molecule has 16 heavy (non-hydrogen) atoms. The lowest BCUT2D eigenvalue weighted by molar-refractivity contribution is -0.188. The first-order valence-electron chi connectivity index (χ1n) is 4.74. The maximum absolute atomic E-state index is 11.9. The summed E-state index contributed by atoms with van der Waals surface area (Å²) < 4.78 is 5.22. The number of carbonyl (C=O) groups excluding carboxylic acids is 2. The summed E-state index contributed by atoms with van der Waals surface area (Å²) >= 11 is 5.42. The summed E-state index contributed by atoms with van der Waals surface area (Å²) in [6.07, 6.45) is 3.63. The molecule has 0 aromatic rings. The highest BCUT2D eigenvalue weighted by atomic mass is 32.2. The topological polar surface area (TPSA) is 58.6 Å². The van der Waals surface area contributed by atoms with Crippen LogP contribution in [0.3, 0.4) is 0 Å². The number of methoxy groups -OCH3 is 1. The fourth-order valence-corrected chi connectivity index (χ4v) is 3.06. The molecule has 0 spiro atoms. The van der Waals surface area contributed by atoms with Crippen molar-refractivity contribution in [1.82, 2.24) is 10.2 Å². The fourth-order valence-electron chi connectivity index (χ4n) is 1.78. The molecule has 2 aliphatic rings. The van der Waals surface area contributed by atoms with Gasteiger partial charge in [-0.15, -0.1) is 11.8 Å². The normalized spacial score (nSPS) is 32.0. The first kappa shape index (κ1) is 11.8. The van der Waals surface area contributed by atoms with Crippen LogP contribution < -0.4 is 5.32 Å². The number of hydrogen-bond acceptors (Lipinski definition) is 5. The predicted molar refractivity (Wildman–Crippen MR) is 64.0 cm³/mol. The molecule has 2 amide bonds. The van der Waals surface area contributed by atoms with Crippen LogP contribution in [0.1, 0.15) is 0 Å². The van der Waals surface area contributed by atoms with Gasteiger partial charge in [-0.3, -0.25) is 14.5 Å². The summed E-state index contributed by atoms with van der Waals surface area (Å²) in [5.74, 6) is 0.286. The molecular formula is C9H12N2O3S2. The summed E-state index contributed by atoms with van der Waals surface area (Å²) in [7, 11) is 1.42. The van der Waals surface area contributed by atoms with Crippen molar-refractivity contribution < 1.29 is 14.3 Å². The number of nitrogens with zero attached hydrogens (tertiary/aromatic N) is 1. The summed E-state index contributed by atoms with van der Waals surface area (Å²) in [6.45, 7) is 0. The lowest BCUT2D eigenvalue weighted by atomic mass is 10.0. The van der Waals surface area contributed by atoms with Gasteiger partial charge in [-0.1, -0.05) is 6.08 Å². The van der Waals surface area contributed by atoms with E-state index in [-0.39, 0.29) is 22.9 Å². The first-order chi connectivity index (χ1) is 7.65. The lowest BCUT2D eigenvalue weighted by Gasteiger charge is -2.53. The Labute approximate surface area is 103 Å². The van der Waals surface area contributed by atoms with Crippen molar-refractivity contribution in [1.29, 1.82) is 0 Å². The van der Waals surface area contributed by atoms with Crippen molar-refractivity contribution in [2.45, 2.75) is 11.1 Å². The van der Waals surface area contributed by atoms with Crippen LogP contribution in [0.25, 0.3) is 0 Å². The largest absolute Gasteiger partial charge is 0.348 e. The zero-order chi connectivity index (χ0) is 11.8. The summed E-state index contributed by atoms with van der Waals surface area (Å²) in [4.78, 5) is 24.8. The van der Waals surface area contributed by atoms with Crippen LogP contribution in [0.15, 0.2) is 12.3 Å². The molecule has 1 saturated heterocycles. The number of hydrogen-bond donors (Lipinski definition) is 2. The molecule has 2 atom stereocenters. The molecule has 88 valence electrons. The Morgan fingerprint density at radius 2 is 2.62 bits per heavy atom. The molecule has 7 heteroatoms. The van der Waals surface area contributed by atoms with E-state index >= 15 is 0 Å². The molecule has 1 fully saturated rings. The van der Waals surface area contributed by atoms with Gasteiger partial charge in [-0.2, -0.15) is 12.6 Å². The molecule has 2 aliphatic heterocycles. The van der Waals surface area contributed by atoms with Crippen molar-refractivity contribution in [3.05, 3.63) is 12.3 Å². The van der Waals surface area contributed by atoms with E-state index in [9.17, 15) is 9.59 Å². The van der Waals surface area contributed by atoms with Crippen LogP contribution >= 0.6 is 24.4 Å². The smallest absolute Gasteiger partial charge is 0.284 e. The van der Waals surface area contributed by atoms with Crippen molar-refractivity contribution in [2.24, 2.45) is 0 Å². The van der Waals surface area contributed by atoms with Gasteiger partial charge >= 0.3 is 0 Å². The Balaban J connectivity index is 2.19. The second-order valence-electron chi connectivity index (χ2n) is 3.43. The monoisotopic (exact) mass is 260 g/mol. The highest BCUT2D eigenvalue weighted by molar-refractivity contribution is 8.00. The molecule has 1 N–H and O–H groups in total. The lowest BCUT2D eigenvalue weighted by Crippen LogP contribution is -2.79. The van der Waals surface area contributed by atoms with Crippen LogP contribution in [0.2, 0.25) is 0 Å². The van der Waals surface area contributed by atoms with E-state index in [1.807, 2.05) is 6.08 Å². The zero-order valence-corrected chi connectivity index (χ0v) is 10.4. The Morgan fingerprint density at radius 1 is 1.88 bits per heavy atom. The Bertz CT molecular complexity index is 361. The number of carbonyl (C=O) groups is 2. The van der Waals surface area contributed by atoms with Gasteiger partial charge in [0, 0.05) is 19.1 Å². The van der Waals surface area contributed by atoms with E-state index in [1.165, 1.54) is 7.11 Å². The molecule has 5 nitrogen and oxygen atoms in total. The van der Waals surface area contributed by atoms with Crippen molar-refractivity contribution in [3.63, 3.8) is 0 Å². The van der Waals surface area contributed by atoms with Crippen molar-refractivity contribution in [2.75, 3.05) is 18.6 Å². The van der Waals surface area contributed by atoms with Crippen LogP contribution in [0, 0.1) is 0 Å². The number of amides is 2. The Kier molecular flexibility index (Phi) is 3.18. The molecule has 2 heterocycles. The molecule has 0 unspecified atom stereocenters. The number of thiol groups is 1. The second-order valence-corrected chi connectivity index (χ2v) is 4.86. The third kappa shape index (κ3) is 1.54. The molecule has 0 radical (unpaired) electrons. The van der Waals surface area contributed by atoms with Gasteiger partial charge in [0.15, 0.2) is 0 Å². The summed E-state index contributed by atoms with van der Waals surface area (Å²) in [5.41, 5.74) is -1.21. The molecular weight excluding hydrogens is 248 g/mol. The molecule has 0 aromatic carbocycles.